The molecule has 2 nitrogen and oxygen atoms in total. The summed E-state index contributed by atoms with van der Waals surface area (Å²) in [5, 5.41) is 1.72. The summed E-state index contributed by atoms with van der Waals surface area (Å²) in [6.45, 7) is 5.08. The van der Waals surface area contributed by atoms with E-state index < -0.39 is 0 Å². The zero-order chi connectivity index (χ0) is 12.4. The molecule has 2 aromatic rings. The topological polar surface area (TPSA) is 22.0 Å². The van der Waals surface area contributed by atoms with Crippen LogP contribution in [0.2, 0.25) is 5.02 Å². The highest BCUT2D eigenvalue weighted by Gasteiger charge is 2.04. The van der Waals surface area contributed by atoms with E-state index in [1.165, 1.54) is 0 Å². The Hall–Kier alpha value is -1.28. The summed E-state index contributed by atoms with van der Waals surface area (Å²) in [5.74, 6) is 0.587. The molecule has 0 radical (unpaired) electrons. The van der Waals surface area contributed by atoms with Crippen molar-refractivity contribution in [3.05, 3.63) is 45.7 Å². The standard InChI is InChI=1S/C14H16ClNO/c1-10(2)7-8-16-13-5-4-12(15)9-11(13)3-6-14(16)17/h3-6,9-10H,7-8H2,1-2H3. The fourth-order valence-electron chi connectivity index (χ4n) is 1.89. The lowest BCUT2D eigenvalue weighted by molar-refractivity contribution is 0.517. The summed E-state index contributed by atoms with van der Waals surface area (Å²) >= 11 is 5.95. The van der Waals surface area contributed by atoms with E-state index in [2.05, 4.69) is 13.8 Å². The third-order valence-corrected chi connectivity index (χ3v) is 3.12. The smallest absolute Gasteiger partial charge is 0.251 e. The molecular formula is C14H16ClNO. The minimum Gasteiger partial charge on any atom is -0.308 e. The molecule has 0 N–H and O–H groups in total. The van der Waals surface area contributed by atoms with Crippen molar-refractivity contribution in [3.8, 4) is 0 Å². The minimum absolute atomic E-state index is 0.0560. The van der Waals surface area contributed by atoms with Gasteiger partial charge in [-0.2, -0.15) is 0 Å². The first kappa shape index (κ1) is 12.2. The number of hydrogen-bond acceptors (Lipinski definition) is 1. The van der Waals surface area contributed by atoms with Gasteiger partial charge in [-0.1, -0.05) is 25.4 Å². The van der Waals surface area contributed by atoms with Gasteiger partial charge in [0.05, 0.1) is 5.52 Å². The van der Waals surface area contributed by atoms with Crippen LogP contribution < -0.4 is 5.56 Å². The molecule has 0 aliphatic carbocycles. The molecule has 0 saturated heterocycles. The fourth-order valence-corrected chi connectivity index (χ4v) is 2.07. The summed E-state index contributed by atoms with van der Waals surface area (Å²) in [6.07, 6.45) is 1.00. The second kappa shape index (κ2) is 4.92. The van der Waals surface area contributed by atoms with Crippen LogP contribution >= 0.6 is 11.6 Å². The van der Waals surface area contributed by atoms with Crippen LogP contribution in [0.1, 0.15) is 20.3 Å². The quantitative estimate of drug-likeness (QED) is 0.813. The maximum Gasteiger partial charge on any atom is 0.251 e. The molecule has 1 aromatic heterocycles. The first-order valence-corrected chi connectivity index (χ1v) is 6.25. The summed E-state index contributed by atoms with van der Waals surface area (Å²) in [7, 11) is 0. The van der Waals surface area contributed by atoms with Gasteiger partial charge in [0.25, 0.3) is 5.56 Å². The van der Waals surface area contributed by atoms with Crippen LogP contribution in [0.5, 0.6) is 0 Å². The molecule has 0 spiro atoms. The first-order valence-electron chi connectivity index (χ1n) is 5.87. The van der Waals surface area contributed by atoms with E-state index in [4.69, 9.17) is 11.6 Å². The number of aryl methyl sites for hydroxylation is 1. The van der Waals surface area contributed by atoms with Crippen LogP contribution in [0.4, 0.5) is 0 Å². The Labute approximate surface area is 106 Å². The molecule has 17 heavy (non-hydrogen) atoms. The van der Waals surface area contributed by atoms with Crippen molar-refractivity contribution in [1.82, 2.24) is 4.57 Å². The van der Waals surface area contributed by atoms with Crippen molar-refractivity contribution in [2.45, 2.75) is 26.8 Å². The predicted octanol–water partition coefficient (Wildman–Crippen LogP) is 3.70. The molecule has 1 aromatic carbocycles. The molecule has 0 atom stereocenters. The van der Waals surface area contributed by atoms with E-state index in [0.717, 1.165) is 23.9 Å². The number of benzene rings is 1. The zero-order valence-corrected chi connectivity index (χ0v) is 10.9. The number of halogens is 1. The molecule has 1 heterocycles. The van der Waals surface area contributed by atoms with Gasteiger partial charge < -0.3 is 4.57 Å². The number of aromatic nitrogens is 1. The highest BCUT2D eigenvalue weighted by Crippen LogP contribution is 2.18. The lowest BCUT2D eigenvalue weighted by Crippen LogP contribution is -2.20. The van der Waals surface area contributed by atoms with E-state index in [-0.39, 0.29) is 5.56 Å². The molecule has 0 fully saturated rings. The Kier molecular flexibility index (Phi) is 3.53. The molecule has 0 aliphatic heterocycles. The number of pyridine rings is 1. The number of rotatable bonds is 3. The molecule has 90 valence electrons. The van der Waals surface area contributed by atoms with Crippen molar-refractivity contribution < 1.29 is 0 Å². The second-order valence-corrected chi connectivity index (χ2v) is 5.15. The molecule has 0 unspecified atom stereocenters. The average Bonchev–Trinajstić information content (AvgIpc) is 2.27. The average molecular weight is 250 g/mol. The normalized spacial score (nSPS) is 11.3. The third-order valence-electron chi connectivity index (χ3n) is 2.88. The largest absolute Gasteiger partial charge is 0.308 e. The van der Waals surface area contributed by atoms with Crippen LogP contribution in [0, 0.1) is 5.92 Å². The number of fused-ring (bicyclic) bond motifs is 1. The van der Waals surface area contributed by atoms with Crippen LogP contribution in [0.15, 0.2) is 35.1 Å². The lowest BCUT2D eigenvalue weighted by atomic mass is 10.1. The Morgan fingerprint density at radius 2 is 2.00 bits per heavy atom. The zero-order valence-electron chi connectivity index (χ0n) is 10.1. The van der Waals surface area contributed by atoms with Crippen molar-refractivity contribution in [1.29, 1.82) is 0 Å². The van der Waals surface area contributed by atoms with Gasteiger partial charge in [0.1, 0.15) is 0 Å². The predicted molar refractivity (Wildman–Crippen MR) is 72.7 cm³/mol. The monoisotopic (exact) mass is 249 g/mol. The Morgan fingerprint density at radius 3 is 2.71 bits per heavy atom. The van der Waals surface area contributed by atoms with Gasteiger partial charge in [-0.3, -0.25) is 4.79 Å². The van der Waals surface area contributed by atoms with E-state index in [9.17, 15) is 4.79 Å². The van der Waals surface area contributed by atoms with Gasteiger partial charge in [-0.25, -0.2) is 0 Å². The second-order valence-electron chi connectivity index (χ2n) is 4.71. The summed E-state index contributed by atoms with van der Waals surface area (Å²) in [5.41, 5.74) is 1.02. The van der Waals surface area contributed by atoms with E-state index in [1.54, 1.807) is 6.07 Å². The van der Waals surface area contributed by atoms with Crippen LogP contribution in [0.25, 0.3) is 10.9 Å². The van der Waals surface area contributed by atoms with E-state index >= 15 is 0 Å². The van der Waals surface area contributed by atoms with E-state index in [1.807, 2.05) is 28.8 Å². The number of hydrogen-bond donors (Lipinski definition) is 0. The number of nitrogens with zero attached hydrogens (tertiary/aromatic N) is 1. The molecule has 0 aliphatic rings. The highest BCUT2D eigenvalue weighted by atomic mass is 35.5. The molecular weight excluding hydrogens is 234 g/mol. The van der Waals surface area contributed by atoms with Crippen molar-refractivity contribution in [2.24, 2.45) is 5.92 Å². The first-order chi connectivity index (χ1) is 8.08. The van der Waals surface area contributed by atoms with Crippen molar-refractivity contribution in [2.75, 3.05) is 0 Å². The Bertz CT molecular complexity index is 586. The van der Waals surface area contributed by atoms with Crippen LogP contribution in [-0.2, 0) is 6.54 Å². The molecule has 2 rings (SSSR count). The maximum atomic E-state index is 11.9. The van der Waals surface area contributed by atoms with Gasteiger partial charge >= 0.3 is 0 Å². The Morgan fingerprint density at radius 1 is 1.24 bits per heavy atom. The molecule has 0 bridgehead atoms. The highest BCUT2D eigenvalue weighted by molar-refractivity contribution is 6.31. The third kappa shape index (κ3) is 2.70. The Balaban J connectivity index is 2.52. The van der Waals surface area contributed by atoms with Gasteiger partial charge in [-0.05, 0) is 42.0 Å². The van der Waals surface area contributed by atoms with Crippen LogP contribution in [-0.4, -0.2) is 4.57 Å². The summed E-state index contributed by atoms with van der Waals surface area (Å²) in [6, 6.07) is 9.07. The van der Waals surface area contributed by atoms with Gasteiger partial charge in [-0.15, -0.1) is 0 Å². The van der Waals surface area contributed by atoms with Crippen molar-refractivity contribution in [3.63, 3.8) is 0 Å². The minimum atomic E-state index is 0.0560. The van der Waals surface area contributed by atoms with Crippen molar-refractivity contribution >= 4 is 22.5 Å². The SMILES string of the molecule is CC(C)CCn1c(=O)ccc2cc(Cl)ccc21. The summed E-state index contributed by atoms with van der Waals surface area (Å²) < 4.78 is 1.83. The maximum absolute atomic E-state index is 11.9. The van der Waals surface area contributed by atoms with Gasteiger partial charge in [0.2, 0.25) is 0 Å². The summed E-state index contributed by atoms with van der Waals surface area (Å²) in [4.78, 5) is 11.9. The van der Waals surface area contributed by atoms with Crippen LogP contribution in [0.3, 0.4) is 0 Å². The van der Waals surface area contributed by atoms with Gasteiger partial charge in [0.15, 0.2) is 0 Å². The molecule has 0 amide bonds. The van der Waals surface area contributed by atoms with E-state index in [0.29, 0.717) is 10.9 Å². The fraction of sp³-hybridized carbons (Fsp3) is 0.357. The van der Waals surface area contributed by atoms with Gasteiger partial charge in [0, 0.05) is 17.6 Å². The lowest BCUT2D eigenvalue weighted by Gasteiger charge is -2.11. The molecule has 3 heteroatoms. The molecule has 0 saturated carbocycles.